The van der Waals surface area contributed by atoms with Crippen molar-refractivity contribution in [1.82, 2.24) is 14.9 Å². The predicted molar refractivity (Wildman–Crippen MR) is 260 cm³/mol. The minimum absolute atomic E-state index is 0.105. The number of aromatic amines is 2. The van der Waals surface area contributed by atoms with Crippen LogP contribution in [0.2, 0.25) is 18.6 Å². The lowest BCUT2D eigenvalue weighted by molar-refractivity contribution is -0.151. The minimum atomic E-state index is -3.67. The van der Waals surface area contributed by atoms with E-state index in [0.717, 1.165) is 49.6 Å². The number of hydrogen-bond donors (Lipinski definition) is 5. The number of amides is 4. The summed E-state index contributed by atoms with van der Waals surface area (Å²) < 4.78 is 24.0. The zero-order chi connectivity index (χ0) is 46.6. The van der Waals surface area contributed by atoms with Gasteiger partial charge in [-0.15, -0.1) is 0 Å². The lowest BCUT2D eigenvalue weighted by atomic mass is 9.82. The smallest absolute Gasteiger partial charge is 0.264 e. The summed E-state index contributed by atoms with van der Waals surface area (Å²) in [5, 5.41) is 18.4. The van der Waals surface area contributed by atoms with Crippen molar-refractivity contribution in [2.24, 2.45) is 5.92 Å². The van der Waals surface area contributed by atoms with Gasteiger partial charge in [0.25, 0.3) is 5.91 Å². The fraction of sp³-hybridized carbons (Fsp3) is 0.283. The molecule has 14 heteroatoms. The molecule has 3 aliphatic rings. The normalized spacial score (nSPS) is 21.2. The fourth-order valence-corrected chi connectivity index (χ4v) is 13.5. The minimum Gasteiger partial charge on any atom is -0.394 e. The van der Waals surface area contributed by atoms with Crippen molar-refractivity contribution in [1.29, 1.82) is 0 Å². The maximum atomic E-state index is 16.9. The van der Waals surface area contributed by atoms with Crippen LogP contribution in [0.25, 0.3) is 21.8 Å². The third-order valence-corrected chi connectivity index (χ3v) is 16.6. The Kier molecular flexibility index (Phi) is 11.4. The maximum Gasteiger partial charge on any atom is 0.264 e. The highest BCUT2D eigenvalue weighted by atomic mass is 28.4. The first kappa shape index (κ1) is 44.0. The topological polar surface area (TPSA) is 160 Å². The third kappa shape index (κ3) is 8.12. The summed E-state index contributed by atoms with van der Waals surface area (Å²) in [6.07, 6.45) is 3.34. The Labute approximate surface area is 388 Å². The number of rotatable bonds is 12. The average Bonchev–Trinajstić information content (AvgIpc) is 4.05. The molecule has 5 aromatic carbocycles. The van der Waals surface area contributed by atoms with Gasteiger partial charge in [0.1, 0.15) is 0 Å². The molecule has 0 unspecified atom stereocenters. The molecule has 12 nitrogen and oxygen atoms in total. The molecule has 5 N–H and O–H groups in total. The van der Waals surface area contributed by atoms with Crippen LogP contribution < -0.4 is 15.5 Å². The molecule has 2 aromatic heterocycles. The molecule has 4 amide bonds. The van der Waals surface area contributed by atoms with Gasteiger partial charge in [0.2, 0.25) is 26.1 Å². The average molecular weight is 917 g/mol. The van der Waals surface area contributed by atoms with E-state index in [1.54, 1.807) is 53.2 Å². The van der Waals surface area contributed by atoms with Crippen LogP contribution in [-0.4, -0.2) is 70.8 Å². The number of fused-ring (bicyclic) bond motifs is 5. The zero-order valence-electron chi connectivity index (χ0n) is 37.6. The number of aliphatic hydroxyl groups is 1. The van der Waals surface area contributed by atoms with Crippen LogP contribution >= 0.6 is 0 Å². The van der Waals surface area contributed by atoms with Gasteiger partial charge in [-0.2, -0.15) is 0 Å². The number of carbonyl (C=O) groups excluding carboxylic acids is 4. The number of carbonyl (C=O) groups is 4. The molecule has 10 rings (SSSR count). The molecule has 5 atom stereocenters. The number of H-pyrrole nitrogens is 2. The van der Waals surface area contributed by atoms with E-state index in [1.807, 2.05) is 104 Å². The zero-order valence-corrected chi connectivity index (χ0v) is 38.6. The Morgan fingerprint density at radius 3 is 2.01 bits per heavy atom. The number of nitrogens with one attached hydrogen (secondary N) is 4. The van der Waals surface area contributed by atoms with Gasteiger partial charge in [0.05, 0.1) is 50.2 Å². The van der Waals surface area contributed by atoms with E-state index in [2.05, 4.69) is 20.6 Å². The van der Waals surface area contributed by atoms with Crippen molar-refractivity contribution in [2.45, 2.75) is 82.1 Å². The number of anilines is 3. The summed E-state index contributed by atoms with van der Waals surface area (Å²) in [5.74, 6) is -1.78. The van der Waals surface area contributed by atoms with E-state index in [0.29, 0.717) is 35.6 Å². The molecule has 67 heavy (non-hydrogen) atoms. The third-order valence-electron chi connectivity index (χ3n) is 14.1. The van der Waals surface area contributed by atoms with Crippen LogP contribution in [0.15, 0.2) is 128 Å². The van der Waals surface area contributed by atoms with Crippen LogP contribution in [0.1, 0.15) is 46.7 Å². The Hall–Kier alpha value is -6.87. The lowest BCUT2D eigenvalue weighted by Crippen LogP contribution is -2.48. The van der Waals surface area contributed by atoms with Gasteiger partial charge < -0.3 is 44.4 Å². The van der Waals surface area contributed by atoms with E-state index in [1.165, 1.54) is 0 Å². The van der Waals surface area contributed by atoms with Crippen molar-refractivity contribution in [3.8, 4) is 0 Å². The van der Waals surface area contributed by atoms with Crippen molar-refractivity contribution in [3.63, 3.8) is 0 Å². The Morgan fingerprint density at radius 1 is 0.806 bits per heavy atom. The molecular formula is C53H53FN6O6Si. The molecule has 0 bridgehead atoms. The van der Waals surface area contributed by atoms with Gasteiger partial charge in [0, 0.05) is 69.1 Å². The monoisotopic (exact) mass is 916 g/mol. The Bertz CT molecular complexity index is 3050. The highest BCUT2D eigenvalue weighted by Gasteiger charge is 2.67. The summed E-state index contributed by atoms with van der Waals surface area (Å²) in [7, 11) is -3.67. The number of nitrogens with zero attached hydrogens (tertiary/aromatic N) is 2. The second-order valence-corrected chi connectivity index (χ2v) is 22.6. The van der Waals surface area contributed by atoms with Crippen LogP contribution in [-0.2, 0) is 61.9 Å². The standard InChI is InChI=1S/C53H53FN6O6Si/c1-32-51(67(2,3)54)47(26-50(64)59-30-35-11-5-4-10-34(35)22-40(59)31-61)66-53(32)43-25-39(58-49(63)24-37-28-56-45-15-9-7-13-42(37)45)20-21-46(43)60(52(53)65)29-33-16-18-38(19-17-33)57-48(62)23-36-27-55-44-14-8-6-12-41(36)44/h4-21,25,27-28,32,40,47,51,55-56,61H,22-24,26,29-31H2,1-3H3,(H,57,62)(H,58,63)/t32-,40+,47+,51-,53+/m1/s1. The van der Waals surface area contributed by atoms with Crippen LogP contribution in [0.4, 0.5) is 21.2 Å². The van der Waals surface area contributed by atoms with Gasteiger partial charge >= 0.3 is 0 Å². The van der Waals surface area contributed by atoms with Gasteiger partial charge in [0.15, 0.2) is 5.60 Å². The molecule has 7 aromatic rings. The number of halogens is 1. The molecular weight excluding hydrogens is 864 g/mol. The number of ether oxygens (including phenoxy) is 1. The molecule has 3 aliphatic heterocycles. The number of benzene rings is 5. The SMILES string of the molecule is C[C@@H]1[C@@H]([Si](C)(C)F)[C@H](CC(=O)N2Cc3ccccc3C[C@H]2CO)O[C@@]12C(=O)N(Cc1ccc(NC(=O)Cc3c[nH]c4ccccc34)cc1)c1ccc(NC(=O)Cc3c[nH]c4ccccc34)cc12. The number of aromatic nitrogens is 2. The summed E-state index contributed by atoms with van der Waals surface area (Å²) in [5.41, 5.74) is 6.12. The molecule has 5 heterocycles. The number of para-hydroxylation sites is 2. The van der Waals surface area contributed by atoms with E-state index >= 15 is 8.90 Å². The Balaban J connectivity index is 0.943. The maximum absolute atomic E-state index is 16.9. The molecule has 1 fully saturated rings. The van der Waals surface area contributed by atoms with Crippen molar-refractivity contribution < 1.29 is 33.1 Å². The highest BCUT2D eigenvalue weighted by molar-refractivity contribution is 6.72. The van der Waals surface area contributed by atoms with Gasteiger partial charge in [-0.1, -0.05) is 79.7 Å². The lowest BCUT2D eigenvalue weighted by Gasteiger charge is -2.37. The highest BCUT2D eigenvalue weighted by Crippen LogP contribution is 2.61. The van der Waals surface area contributed by atoms with Crippen LogP contribution in [0, 0.1) is 5.92 Å². The van der Waals surface area contributed by atoms with E-state index in [-0.39, 0.29) is 56.0 Å². The largest absolute Gasteiger partial charge is 0.394 e. The molecule has 1 spiro atoms. The number of hydrogen-bond acceptors (Lipinski definition) is 6. The first-order valence-electron chi connectivity index (χ1n) is 22.9. The second kappa shape index (κ2) is 17.4. The van der Waals surface area contributed by atoms with Gasteiger partial charge in [-0.3, -0.25) is 19.2 Å². The molecule has 0 aliphatic carbocycles. The fourth-order valence-electron chi connectivity index (χ4n) is 11.0. The van der Waals surface area contributed by atoms with Crippen molar-refractivity contribution in [3.05, 3.63) is 161 Å². The van der Waals surface area contributed by atoms with E-state index < -0.39 is 37.6 Å². The van der Waals surface area contributed by atoms with Crippen LogP contribution in [0.3, 0.4) is 0 Å². The first-order chi connectivity index (χ1) is 32.3. The summed E-state index contributed by atoms with van der Waals surface area (Å²) in [4.78, 5) is 66.4. The summed E-state index contributed by atoms with van der Waals surface area (Å²) in [6.45, 7) is 5.25. The van der Waals surface area contributed by atoms with Crippen LogP contribution in [0.5, 0.6) is 0 Å². The summed E-state index contributed by atoms with van der Waals surface area (Å²) in [6, 6.07) is 35.6. The number of aliphatic hydroxyl groups excluding tert-OH is 1. The molecule has 1 saturated heterocycles. The van der Waals surface area contributed by atoms with Gasteiger partial charge in [-0.05, 0) is 89.8 Å². The van der Waals surface area contributed by atoms with E-state index in [4.69, 9.17) is 4.74 Å². The van der Waals surface area contributed by atoms with Crippen molar-refractivity contribution in [2.75, 3.05) is 22.1 Å². The van der Waals surface area contributed by atoms with E-state index in [9.17, 15) is 19.5 Å². The first-order valence-corrected chi connectivity index (χ1v) is 25.8. The quantitative estimate of drug-likeness (QED) is 0.0610. The molecule has 342 valence electrons. The molecule has 0 radical (unpaired) electrons. The Morgan fingerprint density at radius 2 is 1.39 bits per heavy atom. The second-order valence-electron chi connectivity index (χ2n) is 18.8. The van der Waals surface area contributed by atoms with Crippen molar-refractivity contribution >= 4 is 70.9 Å². The summed E-state index contributed by atoms with van der Waals surface area (Å²) >= 11 is 0. The molecule has 0 saturated carbocycles. The van der Waals surface area contributed by atoms with Gasteiger partial charge in [-0.25, -0.2) is 0 Å². The predicted octanol–water partition coefficient (Wildman–Crippen LogP) is 8.67.